The fourth-order valence-corrected chi connectivity index (χ4v) is 3.65. The third-order valence-electron chi connectivity index (χ3n) is 3.63. The minimum absolute atomic E-state index is 0.281. The van der Waals surface area contributed by atoms with Gasteiger partial charge in [0.25, 0.3) is 0 Å². The number of thiophene rings is 1. The molecule has 1 fully saturated rings. The molecule has 17 heavy (non-hydrogen) atoms. The Morgan fingerprint density at radius 3 is 3.06 bits per heavy atom. The van der Waals surface area contributed by atoms with E-state index in [-0.39, 0.29) is 6.61 Å². The Kier molecular flexibility index (Phi) is 4.98. The molecule has 96 valence electrons. The molecule has 1 aliphatic heterocycles. The van der Waals surface area contributed by atoms with Crippen molar-refractivity contribution in [2.45, 2.75) is 37.8 Å². The third-order valence-corrected chi connectivity index (χ3v) is 4.60. The Hall–Kier alpha value is -0.420. The minimum atomic E-state index is 0.281. The van der Waals surface area contributed by atoms with E-state index >= 15 is 0 Å². The van der Waals surface area contributed by atoms with Crippen molar-refractivity contribution >= 4 is 11.3 Å². The molecular weight excluding hydrogens is 232 g/mol. The van der Waals surface area contributed by atoms with Crippen LogP contribution in [0.5, 0.6) is 0 Å². The standard InChI is InChI=1S/C13H22N2OS/c14-10-12(13-5-3-9-17-13)15-7-2-1-4-11(15)6-8-16/h3,5,9,11-12,16H,1-2,4,6-8,10,14H2. The summed E-state index contributed by atoms with van der Waals surface area (Å²) in [5.41, 5.74) is 5.96. The minimum Gasteiger partial charge on any atom is -0.396 e. The zero-order valence-electron chi connectivity index (χ0n) is 10.2. The van der Waals surface area contributed by atoms with Crippen molar-refractivity contribution in [2.75, 3.05) is 19.7 Å². The van der Waals surface area contributed by atoms with E-state index in [2.05, 4.69) is 22.4 Å². The van der Waals surface area contributed by atoms with Gasteiger partial charge in [-0.1, -0.05) is 12.5 Å². The van der Waals surface area contributed by atoms with Crippen LogP contribution < -0.4 is 5.73 Å². The molecule has 1 aliphatic rings. The van der Waals surface area contributed by atoms with Gasteiger partial charge in [0.05, 0.1) is 6.04 Å². The summed E-state index contributed by atoms with van der Waals surface area (Å²) in [7, 11) is 0. The summed E-state index contributed by atoms with van der Waals surface area (Å²) in [6, 6.07) is 5.11. The van der Waals surface area contributed by atoms with Gasteiger partial charge < -0.3 is 10.8 Å². The Morgan fingerprint density at radius 2 is 2.41 bits per heavy atom. The molecule has 2 rings (SSSR count). The van der Waals surface area contributed by atoms with Crippen LogP contribution in [0.3, 0.4) is 0 Å². The second-order valence-corrected chi connectivity index (χ2v) is 5.65. The first-order valence-electron chi connectivity index (χ1n) is 6.47. The molecule has 2 heterocycles. The lowest BCUT2D eigenvalue weighted by Crippen LogP contribution is -2.44. The van der Waals surface area contributed by atoms with Gasteiger partial charge in [0, 0.05) is 24.1 Å². The summed E-state index contributed by atoms with van der Waals surface area (Å²) in [5, 5.41) is 11.3. The van der Waals surface area contributed by atoms with Crippen LogP contribution in [0.1, 0.15) is 36.6 Å². The quantitative estimate of drug-likeness (QED) is 0.845. The number of aliphatic hydroxyl groups excluding tert-OH is 1. The van der Waals surface area contributed by atoms with E-state index in [4.69, 9.17) is 10.8 Å². The summed E-state index contributed by atoms with van der Waals surface area (Å²) in [5.74, 6) is 0. The highest BCUT2D eigenvalue weighted by molar-refractivity contribution is 7.10. The Morgan fingerprint density at radius 1 is 1.53 bits per heavy atom. The fraction of sp³-hybridized carbons (Fsp3) is 0.692. The molecule has 0 radical (unpaired) electrons. The molecule has 0 aliphatic carbocycles. The van der Waals surface area contributed by atoms with Crippen LogP contribution in [-0.2, 0) is 0 Å². The maximum Gasteiger partial charge on any atom is 0.0566 e. The van der Waals surface area contributed by atoms with E-state index < -0.39 is 0 Å². The zero-order chi connectivity index (χ0) is 12.1. The molecule has 1 aromatic rings. The summed E-state index contributed by atoms with van der Waals surface area (Å²) in [4.78, 5) is 3.86. The molecule has 0 aromatic carbocycles. The van der Waals surface area contributed by atoms with Crippen molar-refractivity contribution in [1.82, 2.24) is 4.90 Å². The first-order valence-corrected chi connectivity index (χ1v) is 7.35. The van der Waals surface area contributed by atoms with Gasteiger partial charge in [-0.25, -0.2) is 0 Å². The van der Waals surface area contributed by atoms with Gasteiger partial charge in [-0.2, -0.15) is 0 Å². The molecule has 1 saturated heterocycles. The Labute approximate surface area is 107 Å². The molecule has 4 heteroatoms. The third kappa shape index (κ3) is 3.07. The molecule has 3 nitrogen and oxygen atoms in total. The molecule has 0 saturated carbocycles. The summed E-state index contributed by atoms with van der Waals surface area (Å²) in [6.07, 6.45) is 4.61. The van der Waals surface area contributed by atoms with Crippen molar-refractivity contribution < 1.29 is 5.11 Å². The van der Waals surface area contributed by atoms with Crippen molar-refractivity contribution in [3.8, 4) is 0 Å². The van der Waals surface area contributed by atoms with Crippen LogP contribution in [0, 0.1) is 0 Å². The molecule has 2 unspecified atom stereocenters. The molecule has 3 N–H and O–H groups in total. The first-order chi connectivity index (χ1) is 8.36. The zero-order valence-corrected chi connectivity index (χ0v) is 11.0. The molecule has 0 bridgehead atoms. The number of hydrogen-bond acceptors (Lipinski definition) is 4. The fourth-order valence-electron chi connectivity index (χ4n) is 2.79. The number of piperidine rings is 1. The van der Waals surface area contributed by atoms with Crippen LogP contribution in [0.25, 0.3) is 0 Å². The van der Waals surface area contributed by atoms with E-state index in [1.54, 1.807) is 11.3 Å². The number of rotatable bonds is 5. The largest absolute Gasteiger partial charge is 0.396 e. The van der Waals surface area contributed by atoms with Crippen LogP contribution in [0.2, 0.25) is 0 Å². The maximum absolute atomic E-state index is 9.17. The molecule has 0 spiro atoms. The topological polar surface area (TPSA) is 49.5 Å². The number of nitrogens with zero attached hydrogens (tertiary/aromatic N) is 1. The van der Waals surface area contributed by atoms with E-state index in [0.717, 1.165) is 13.0 Å². The average Bonchev–Trinajstić information content (AvgIpc) is 2.86. The normalized spacial score (nSPS) is 23.8. The maximum atomic E-state index is 9.17. The van der Waals surface area contributed by atoms with Crippen molar-refractivity contribution in [2.24, 2.45) is 5.73 Å². The second kappa shape index (κ2) is 6.50. The molecular formula is C13H22N2OS. The predicted molar refractivity (Wildman–Crippen MR) is 72.2 cm³/mol. The van der Waals surface area contributed by atoms with Gasteiger partial charge in [0.15, 0.2) is 0 Å². The first kappa shape index (κ1) is 13.0. The monoisotopic (exact) mass is 254 g/mol. The van der Waals surface area contributed by atoms with Crippen LogP contribution >= 0.6 is 11.3 Å². The van der Waals surface area contributed by atoms with Crippen molar-refractivity contribution in [3.05, 3.63) is 22.4 Å². The highest BCUT2D eigenvalue weighted by Crippen LogP contribution is 2.31. The van der Waals surface area contributed by atoms with E-state index in [1.807, 2.05) is 0 Å². The predicted octanol–water partition coefficient (Wildman–Crippen LogP) is 1.98. The molecule has 1 aromatic heterocycles. The van der Waals surface area contributed by atoms with E-state index in [1.165, 1.54) is 24.1 Å². The lowest BCUT2D eigenvalue weighted by atomic mass is 9.97. The van der Waals surface area contributed by atoms with Gasteiger partial charge >= 0.3 is 0 Å². The van der Waals surface area contributed by atoms with Gasteiger partial charge in [0.2, 0.25) is 0 Å². The van der Waals surface area contributed by atoms with Gasteiger partial charge in [-0.15, -0.1) is 11.3 Å². The lowest BCUT2D eigenvalue weighted by Gasteiger charge is -2.40. The van der Waals surface area contributed by atoms with Gasteiger partial charge in [0.1, 0.15) is 0 Å². The summed E-state index contributed by atoms with van der Waals surface area (Å²) < 4.78 is 0. The smallest absolute Gasteiger partial charge is 0.0566 e. The highest BCUT2D eigenvalue weighted by atomic mass is 32.1. The van der Waals surface area contributed by atoms with Gasteiger partial charge in [-0.05, 0) is 37.3 Å². The van der Waals surface area contributed by atoms with E-state index in [0.29, 0.717) is 18.6 Å². The average molecular weight is 254 g/mol. The number of hydrogen-bond donors (Lipinski definition) is 2. The number of aliphatic hydroxyl groups is 1. The van der Waals surface area contributed by atoms with Crippen molar-refractivity contribution in [3.63, 3.8) is 0 Å². The summed E-state index contributed by atoms with van der Waals surface area (Å²) in [6.45, 7) is 2.07. The van der Waals surface area contributed by atoms with E-state index in [9.17, 15) is 0 Å². The van der Waals surface area contributed by atoms with Crippen LogP contribution in [-0.4, -0.2) is 35.7 Å². The van der Waals surface area contributed by atoms with Crippen LogP contribution in [0.15, 0.2) is 17.5 Å². The number of likely N-dealkylation sites (tertiary alicyclic amines) is 1. The summed E-state index contributed by atoms with van der Waals surface area (Å²) >= 11 is 1.79. The van der Waals surface area contributed by atoms with Gasteiger partial charge in [-0.3, -0.25) is 4.90 Å². The van der Waals surface area contributed by atoms with Crippen molar-refractivity contribution in [1.29, 1.82) is 0 Å². The second-order valence-electron chi connectivity index (χ2n) is 4.67. The SMILES string of the molecule is NCC(c1cccs1)N1CCCCC1CCO. The Balaban J connectivity index is 2.10. The molecule has 0 amide bonds. The lowest BCUT2D eigenvalue weighted by molar-refractivity contribution is 0.0797. The van der Waals surface area contributed by atoms with Crippen LogP contribution in [0.4, 0.5) is 0 Å². The number of nitrogens with two attached hydrogens (primary N) is 1. The Bertz CT molecular complexity index is 313. The highest BCUT2D eigenvalue weighted by Gasteiger charge is 2.29. The molecule has 2 atom stereocenters.